The molecule has 2 saturated heterocycles. The first-order valence-corrected chi connectivity index (χ1v) is 9.46. The fraction of sp³-hybridized carbons (Fsp3) is 0.381. The Morgan fingerprint density at radius 1 is 1.24 bits per heavy atom. The molecule has 29 heavy (non-hydrogen) atoms. The van der Waals surface area contributed by atoms with Crippen LogP contribution in [0, 0.1) is 17.7 Å². The average Bonchev–Trinajstić information content (AvgIpc) is 3.26. The molecule has 1 aromatic carbocycles. The highest BCUT2D eigenvalue weighted by molar-refractivity contribution is 5.95. The lowest BCUT2D eigenvalue weighted by molar-refractivity contribution is -0.136. The molecule has 8 heteroatoms. The number of likely N-dealkylation sites (tertiary alicyclic amines) is 2. The second-order valence-corrected chi connectivity index (χ2v) is 7.48. The summed E-state index contributed by atoms with van der Waals surface area (Å²) in [5.41, 5.74) is 0.721. The van der Waals surface area contributed by atoms with Crippen LogP contribution < -0.4 is 0 Å². The largest absolute Gasteiger partial charge is 0.505 e. The van der Waals surface area contributed by atoms with E-state index >= 15 is 0 Å². The molecular formula is C21H22FN3O4. The number of fused-ring (bicyclic) bond motifs is 1. The first-order valence-electron chi connectivity index (χ1n) is 9.46. The van der Waals surface area contributed by atoms with E-state index in [0.29, 0.717) is 25.2 Å². The van der Waals surface area contributed by atoms with Crippen molar-refractivity contribution in [1.29, 1.82) is 0 Å². The molecule has 2 aliphatic heterocycles. The van der Waals surface area contributed by atoms with Crippen LogP contribution in [0.1, 0.15) is 22.1 Å². The van der Waals surface area contributed by atoms with E-state index in [1.165, 1.54) is 31.5 Å². The molecule has 0 aliphatic carbocycles. The number of aromatic nitrogens is 1. The first-order chi connectivity index (χ1) is 14.0. The van der Waals surface area contributed by atoms with Crippen molar-refractivity contribution in [2.45, 2.75) is 6.04 Å². The number of aromatic hydroxyl groups is 1. The van der Waals surface area contributed by atoms with Crippen LogP contribution in [0.3, 0.4) is 0 Å². The molecule has 152 valence electrons. The first kappa shape index (κ1) is 19.3. The van der Waals surface area contributed by atoms with Crippen molar-refractivity contribution in [3.63, 3.8) is 0 Å². The molecule has 0 bridgehead atoms. The lowest BCUT2D eigenvalue weighted by Crippen LogP contribution is -2.39. The third kappa shape index (κ3) is 3.55. The molecule has 4 rings (SSSR count). The van der Waals surface area contributed by atoms with Gasteiger partial charge in [-0.1, -0.05) is 12.1 Å². The molecular weight excluding hydrogens is 377 g/mol. The molecule has 1 N–H and O–H groups in total. The number of hydrogen-bond donors (Lipinski definition) is 1. The summed E-state index contributed by atoms with van der Waals surface area (Å²) < 4.78 is 18.9. The minimum absolute atomic E-state index is 0.0158. The molecule has 2 amide bonds. The summed E-state index contributed by atoms with van der Waals surface area (Å²) in [7, 11) is 1.46. The summed E-state index contributed by atoms with van der Waals surface area (Å²) in [6.45, 7) is 1.27. The predicted molar refractivity (Wildman–Crippen MR) is 102 cm³/mol. The zero-order valence-electron chi connectivity index (χ0n) is 16.0. The number of carbonyl (C=O) groups is 2. The molecule has 0 saturated carbocycles. The Morgan fingerprint density at radius 2 is 2.07 bits per heavy atom. The lowest BCUT2D eigenvalue weighted by atomic mass is 9.89. The third-order valence-electron chi connectivity index (χ3n) is 5.72. The Kier molecular flexibility index (Phi) is 5.19. The lowest BCUT2D eigenvalue weighted by Gasteiger charge is -2.30. The van der Waals surface area contributed by atoms with E-state index in [9.17, 15) is 19.1 Å². The predicted octanol–water partition coefficient (Wildman–Crippen LogP) is 1.84. The Bertz CT molecular complexity index is 938. The number of benzene rings is 1. The van der Waals surface area contributed by atoms with Gasteiger partial charge in [0.2, 0.25) is 5.91 Å². The van der Waals surface area contributed by atoms with Gasteiger partial charge in [0.15, 0.2) is 5.69 Å². The maximum absolute atomic E-state index is 13.9. The highest BCUT2D eigenvalue weighted by Crippen LogP contribution is 2.45. The van der Waals surface area contributed by atoms with Crippen molar-refractivity contribution in [1.82, 2.24) is 14.8 Å². The van der Waals surface area contributed by atoms with Gasteiger partial charge >= 0.3 is 0 Å². The van der Waals surface area contributed by atoms with Crippen LogP contribution in [-0.2, 0) is 9.53 Å². The van der Waals surface area contributed by atoms with Gasteiger partial charge in [-0.05, 0) is 29.8 Å². The SMILES string of the molecule is COCC(=O)N1C[C@H]2CN(C(=O)c3ncccc3O)C[C@H]2[C@@H]1c1cccc(F)c1. The van der Waals surface area contributed by atoms with Gasteiger partial charge in [0.25, 0.3) is 5.91 Å². The normalized spacial score (nSPS) is 23.3. The summed E-state index contributed by atoms with van der Waals surface area (Å²) in [4.78, 5) is 32.9. The van der Waals surface area contributed by atoms with Crippen molar-refractivity contribution < 1.29 is 23.8 Å². The zero-order chi connectivity index (χ0) is 20.5. The van der Waals surface area contributed by atoms with Gasteiger partial charge in [0.1, 0.15) is 18.2 Å². The van der Waals surface area contributed by atoms with Crippen molar-refractivity contribution in [3.05, 3.63) is 59.7 Å². The van der Waals surface area contributed by atoms with Gasteiger partial charge < -0.3 is 19.6 Å². The molecule has 7 nitrogen and oxygen atoms in total. The fourth-order valence-corrected chi connectivity index (χ4v) is 4.50. The van der Waals surface area contributed by atoms with Crippen molar-refractivity contribution >= 4 is 11.8 Å². The van der Waals surface area contributed by atoms with Gasteiger partial charge in [-0.3, -0.25) is 9.59 Å². The Hall–Kier alpha value is -3.00. The quantitative estimate of drug-likeness (QED) is 0.848. The highest BCUT2D eigenvalue weighted by Gasteiger charge is 2.50. The van der Waals surface area contributed by atoms with Gasteiger partial charge in [-0.2, -0.15) is 0 Å². The molecule has 2 aromatic rings. The fourth-order valence-electron chi connectivity index (χ4n) is 4.50. The van der Waals surface area contributed by atoms with E-state index in [4.69, 9.17) is 4.74 Å². The van der Waals surface area contributed by atoms with Crippen LogP contribution in [0.15, 0.2) is 42.6 Å². The van der Waals surface area contributed by atoms with E-state index in [2.05, 4.69) is 4.98 Å². The van der Waals surface area contributed by atoms with Crippen molar-refractivity contribution in [2.24, 2.45) is 11.8 Å². The summed E-state index contributed by atoms with van der Waals surface area (Å²) in [6, 6.07) is 8.88. The van der Waals surface area contributed by atoms with E-state index in [-0.39, 0.29) is 53.6 Å². The van der Waals surface area contributed by atoms with Crippen LogP contribution >= 0.6 is 0 Å². The number of ether oxygens (including phenoxy) is 1. The smallest absolute Gasteiger partial charge is 0.276 e. The number of rotatable bonds is 4. The third-order valence-corrected chi connectivity index (χ3v) is 5.72. The molecule has 0 unspecified atom stereocenters. The molecule has 0 spiro atoms. The Labute approximate surface area is 167 Å². The maximum atomic E-state index is 13.9. The van der Waals surface area contributed by atoms with Crippen molar-refractivity contribution in [2.75, 3.05) is 33.4 Å². The summed E-state index contributed by atoms with van der Waals surface area (Å²) >= 11 is 0. The monoisotopic (exact) mass is 399 g/mol. The van der Waals surface area contributed by atoms with E-state index in [1.54, 1.807) is 28.0 Å². The second kappa shape index (κ2) is 7.79. The second-order valence-electron chi connectivity index (χ2n) is 7.48. The number of pyridine rings is 1. The van der Waals surface area contributed by atoms with Crippen LogP contribution in [0.4, 0.5) is 4.39 Å². The minimum atomic E-state index is -0.366. The number of nitrogens with zero attached hydrogens (tertiary/aromatic N) is 3. The van der Waals surface area contributed by atoms with E-state index in [0.717, 1.165) is 0 Å². The van der Waals surface area contributed by atoms with E-state index in [1.807, 2.05) is 0 Å². The standard InChI is InChI=1S/C21H22FN3O4/c1-29-12-18(27)25-10-14-9-24(21(28)19-17(26)6-3-7-23-19)11-16(14)20(25)13-4-2-5-15(22)8-13/h2-8,14,16,20,26H,9-12H2,1H3/t14-,16-,20+/m1/s1. The van der Waals surface area contributed by atoms with Gasteiger partial charge in [-0.15, -0.1) is 0 Å². The molecule has 2 aliphatic rings. The summed E-state index contributed by atoms with van der Waals surface area (Å²) in [5, 5.41) is 9.96. The van der Waals surface area contributed by atoms with E-state index < -0.39 is 0 Å². The molecule has 1 aromatic heterocycles. The van der Waals surface area contributed by atoms with Crippen LogP contribution in [0.25, 0.3) is 0 Å². The Morgan fingerprint density at radius 3 is 2.79 bits per heavy atom. The summed E-state index contributed by atoms with van der Waals surface area (Å²) in [6.07, 6.45) is 1.46. The maximum Gasteiger partial charge on any atom is 0.276 e. The number of halogens is 1. The topological polar surface area (TPSA) is 83.0 Å². The van der Waals surface area contributed by atoms with Crippen LogP contribution in [0.5, 0.6) is 5.75 Å². The van der Waals surface area contributed by atoms with Crippen molar-refractivity contribution in [3.8, 4) is 5.75 Å². The Balaban J connectivity index is 1.61. The van der Waals surface area contributed by atoms with Gasteiger partial charge in [0.05, 0.1) is 6.04 Å². The number of hydrogen-bond acceptors (Lipinski definition) is 5. The number of amides is 2. The summed E-state index contributed by atoms with van der Waals surface area (Å²) in [5.74, 6) is -1.00. The molecule has 0 radical (unpaired) electrons. The van der Waals surface area contributed by atoms with Crippen LogP contribution in [-0.4, -0.2) is 65.1 Å². The van der Waals surface area contributed by atoms with Gasteiger partial charge in [-0.25, -0.2) is 9.37 Å². The molecule has 2 fully saturated rings. The highest BCUT2D eigenvalue weighted by atomic mass is 19.1. The average molecular weight is 399 g/mol. The van der Waals surface area contributed by atoms with Gasteiger partial charge in [0, 0.05) is 44.8 Å². The van der Waals surface area contributed by atoms with Crippen LogP contribution in [0.2, 0.25) is 0 Å². The molecule has 3 atom stereocenters. The number of methoxy groups -OCH3 is 1. The minimum Gasteiger partial charge on any atom is -0.505 e. The zero-order valence-corrected chi connectivity index (χ0v) is 16.0. The number of carbonyl (C=O) groups excluding carboxylic acids is 2. The molecule has 3 heterocycles.